The molecule has 2 fully saturated rings. The number of hydrogen-bond acceptors (Lipinski definition) is 8. The van der Waals surface area contributed by atoms with Crippen molar-refractivity contribution in [1.29, 1.82) is 0 Å². The van der Waals surface area contributed by atoms with Crippen molar-refractivity contribution in [3.8, 4) is 0 Å². The summed E-state index contributed by atoms with van der Waals surface area (Å²) in [7, 11) is 0. The summed E-state index contributed by atoms with van der Waals surface area (Å²) >= 11 is 0. The van der Waals surface area contributed by atoms with Crippen LogP contribution in [0, 0.1) is 29.1 Å². The quantitative estimate of drug-likeness (QED) is 0.277. The molecule has 2 aromatic carbocycles. The molecule has 0 spiro atoms. The Morgan fingerprint density at radius 3 is 2.02 bits per heavy atom. The van der Waals surface area contributed by atoms with Gasteiger partial charge < -0.3 is 24.8 Å². The number of Topliss-reactive ketones (excluding diaryl/α,β-unsaturated/α-hetero) is 1. The Hall–Kier alpha value is -3.59. The van der Waals surface area contributed by atoms with Gasteiger partial charge >= 0.3 is 11.9 Å². The van der Waals surface area contributed by atoms with Gasteiger partial charge in [0.25, 0.3) is 0 Å². The Morgan fingerprint density at radius 2 is 1.46 bits per heavy atom. The Labute approximate surface area is 270 Å². The van der Waals surface area contributed by atoms with E-state index in [-0.39, 0.29) is 19.3 Å². The van der Waals surface area contributed by atoms with Gasteiger partial charge in [0.2, 0.25) is 0 Å². The predicted octanol–water partition coefficient (Wildman–Crippen LogP) is 4.30. The zero-order valence-corrected chi connectivity index (χ0v) is 26.9. The van der Waals surface area contributed by atoms with Gasteiger partial charge in [-0.15, -0.1) is 0 Å². The van der Waals surface area contributed by atoms with Gasteiger partial charge in [-0.2, -0.15) is 0 Å². The van der Waals surface area contributed by atoms with E-state index in [9.17, 15) is 29.7 Å². The summed E-state index contributed by atoms with van der Waals surface area (Å²) in [5.41, 5.74) is -3.03. The Kier molecular flexibility index (Phi) is 8.15. The fraction of sp³-hybridized carbons (Fsp3) is 0.500. The molecule has 0 heterocycles. The highest BCUT2D eigenvalue weighted by Gasteiger charge is 2.87. The maximum Gasteiger partial charge on any atom is 0.306 e. The highest BCUT2D eigenvalue weighted by atomic mass is 16.6. The summed E-state index contributed by atoms with van der Waals surface area (Å²) in [6.45, 7) is 6.84. The molecule has 0 amide bonds. The van der Waals surface area contributed by atoms with Crippen LogP contribution in [0.1, 0.15) is 58.1 Å². The highest BCUT2D eigenvalue weighted by molar-refractivity contribution is 6.04. The Balaban J connectivity index is 1.39. The first-order valence-electron chi connectivity index (χ1n) is 16.3. The second-order valence-corrected chi connectivity index (χ2v) is 14.3. The van der Waals surface area contributed by atoms with E-state index < -0.39 is 76.3 Å². The number of aliphatic hydroxyl groups is 3. The number of esters is 2. The lowest BCUT2D eigenvalue weighted by Gasteiger charge is -2.53. The predicted molar refractivity (Wildman–Crippen MR) is 170 cm³/mol. The third-order valence-electron chi connectivity index (χ3n) is 11.4. The number of hydrogen-bond donors (Lipinski definition) is 3. The van der Waals surface area contributed by atoms with Crippen LogP contribution in [-0.4, -0.2) is 62.6 Å². The molecule has 0 aromatic heterocycles. The molecule has 0 unspecified atom stereocenters. The van der Waals surface area contributed by atoms with Crippen LogP contribution < -0.4 is 0 Å². The zero-order chi connectivity index (χ0) is 33.1. The summed E-state index contributed by atoms with van der Waals surface area (Å²) in [4.78, 5) is 40.6. The second kappa shape index (κ2) is 11.6. The maximum absolute atomic E-state index is 13.6. The minimum absolute atomic E-state index is 0.0810. The number of ether oxygens (including phenoxy) is 2. The van der Waals surface area contributed by atoms with Crippen molar-refractivity contribution >= 4 is 17.7 Å². The molecular formula is C38H44O8. The van der Waals surface area contributed by atoms with E-state index in [0.29, 0.717) is 24.0 Å². The molecule has 0 bridgehead atoms. The molecule has 8 nitrogen and oxygen atoms in total. The van der Waals surface area contributed by atoms with Crippen LogP contribution in [0.5, 0.6) is 0 Å². The summed E-state index contributed by atoms with van der Waals surface area (Å²) < 4.78 is 12.7. The van der Waals surface area contributed by atoms with Crippen molar-refractivity contribution in [2.45, 2.75) is 82.7 Å². The second-order valence-electron chi connectivity index (χ2n) is 14.3. The molecule has 0 aliphatic heterocycles. The van der Waals surface area contributed by atoms with E-state index in [1.807, 2.05) is 74.5 Å². The molecule has 0 saturated heterocycles. The van der Waals surface area contributed by atoms with Crippen LogP contribution >= 0.6 is 0 Å². The molecule has 8 atom stereocenters. The Morgan fingerprint density at radius 1 is 0.891 bits per heavy atom. The normalized spacial score (nSPS) is 35.5. The van der Waals surface area contributed by atoms with E-state index in [0.717, 1.165) is 11.1 Å². The monoisotopic (exact) mass is 628 g/mol. The van der Waals surface area contributed by atoms with Gasteiger partial charge in [0, 0.05) is 48.3 Å². The zero-order valence-electron chi connectivity index (χ0n) is 26.9. The fourth-order valence-electron chi connectivity index (χ4n) is 9.05. The number of ketones is 1. The lowest BCUT2D eigenvalue weighted by Crippen LogP contribution is -2.66. The third kappa shape index (κ3) is 4.88. The van der Waals surface area contributed by atoms with Gasteiger partial charge in [-0.25, -0.2) is 0 Å². The topological polar surface area (TPSA) is 130 Å². The first-order chi connectivity index (χ1) is 21.8. The van der Waals surface area contributed by atoms with Gasteiger partial charge in [0.05, 0.1) is 12.2 Å². The van der Waals surface area contributed by atoms with Crippen LogP contribution in [0.2, 0.25) is 0 Å². The summed E-state index contributed by atoms with van der Waals surface area (Å²) in [6, 6.07) is 19.2. The minimum Gasteiger partial charge on any atom is -0.458 e. The smallest absolute Gasteiger partial charge is 0.306 e. The van der Waals surface area contributed by atoms with Crippen molar-refractivity contribution < 1.29 is 39.2 Å². The average molecular weight is 629 g/mol. The number of benzene rings is 2. The van der Waals surface area contributed by atoms with E-state index >= 15 is 0 Å². The van der Waals surface area contributed by atoms with Crippen LogP contribution in [0.25, 0.3) is 0 Å². The minimum atomic E-state index is -1.97. The lowest BCUT2D eigenvalue weighted by atomic mass is 9.59. The molecule has 4 aliphatic rings. The molecule has 8 heteroatoms. The number of rotatable bonds is 9. The number of carbonyl (C=O) groups is 3. The van der Waals surface area contributed by atoms with Crippen LogP contribution in [0.3, 0.4) is 0 Å². The largest absolute Gasteiger partial charge is 0.458 e. The van der Waals surface area contributed by atoms with E-state index in [2.05, 4.69) is 0 Å². The highest BCUT2D eigenvalue weighted by Crippen LogP contribution is 2.77. The van der Waals surface area contributed by atoms with Crippen LogP contribution in [0.4, 0.5) is 0 Å². The summed E-state index contributed by atoms with van der Waals surface area (Å²) in [5.74, 6) is -4.55. The third-order valence-corrected chi connectivity index (χ3v) is 11.4. The van der Waals surface area contributed by atoms with Gasteiger partial charge in [-0.3, -0.25) is 14.4 Å². The van der Waals surface area contributed by atoms with Gasteiger partial charge in [-0.1, -0.05) is 93.6 Å². The van der Waals surface area contributed by atoms with Crippen molar-refractivity contribution in [1.82, 2.24) is 0 Å². The van der Waals surface area contributed by atoms with Crippen molar-refractivity contribution in [3.63, 3.8) is 0 Å². The lowest BCUT2D eigenvalue weighted by molar-refractivity contribution is -0.229. The molecule has 244 valence electrons. The average Bonchev–Trinajstić information content (AvgIpc) is 3.47. The first-order valence-corrected chi connectivity index (χ1v) is 16.3. The van der Waals surface area contributed by atoms with Gasteiger partial charge in [-0.05, 0) is 42.0 Å². The first kappa shape index (κ1) is 32.4. The summed E-state index contributed by atoms with van der Waals surface area (Å²) in [6.07, 6.45) is 3.32. The fourth-order valence-corrected chi connectivity index (χ4v) is 9.05. The number of carbonyl (C=O) groups excluding carboxylic acids is 3. The van der Waals surface area contributed by atoms with Crippen LogP contribution in [0.15, 0.2) is 84.0 Å². The number of aryl methyl sites for hydroxylation is 2. The van der Waals surface area contributed by atoms with Crippen molar-refractivity contribution in [2.75, 3.05) is 6.61 Å². The molecule has 3 N–H and O–H groups in total. The van der Waals surface area contributed by atoms with Gasteiger partial charge in [0.1, 0.15) is 11.7 Å². The molecule has 4 aliphatic carbocycles. The van der Waals surface area contributed by atoms with Crippen molar-refractivity contribution in [3.05, 3.63) is 95.1 Å². The maximum atomic E-state index is 13.6. The molecule has 46 heavy (non-hydrogen) atoms. The summed E-state index contributed by atoms with van der Waals surface area (Å²) in [5, 5.41) is 35.2. The van der Waals surface area contributed by atoms with E-state index in [4.69, 9.17) is 9.47 Å². The van der Waals surface area contributed by atoms with E-state index in [1.165, 1.54) is 0 Å². The Bertz CT molecular complexity index is 1580. The van der Waals surface area contributed by atoms with Crippen LogP contribution in [-0.2, 0) is 36.7 Å². The molecule has 6 rings (SSSR count). The van der Waals surface area contributed by atoms with Gasteiger partial charge in [0.15, 0.2) is 11.4 Å². The molecule has 2 saturated carbocycles. The molecular weight excluding hydrogens is 584 g/mol. The number of aliphatic hydroxyl groups excluding tert-OH is 1. The van der Waals surface area contributed by atoms with E-state index in [1.54, 1.807) is 26.0 Å². The number of fused-ring (bicyclic) bond motifs is 5. The molecule has 2 aromatic rings. The SMILES string of the molecule is CC1=C[C@H]2[C@@]3(O)[C@H](C)[C@@H](OC(=O)CCc4ccccc4)[C@]4(OC(=O)CCc5ccccc5)[C@H]([C@@H]3C=C(CO)C[C@]2(O)C1=O)C4(C)C. The van der Waals surface area contributed by atoms with Crippen molar-refractivity contribution in [2.24, 2.45) is 29.1 Å². The molecule has 0 radical (unpaired) electrons. The standard InChI is InChI=1S/C38H44O8/c1-23-19-29-36(43,33(23)42)21-27(22-39)20-28-32-35(3,4)38(32,46-31(41)18-16-26-13-9-6-10-14-26)34(24(2)37(28,29)44)45-30(40)17-15-25-11-7-5-8-12-25/h5-14,19-20,24,28-29,32,34,39,43-44H,15-18,21-22H2,1-4H3/t24-,28+,29-,32-,34-,36-,37-,38-/m1/s1.